The van der Waals surface area contributed by atoms with Crippen LogP contribution >= 0.6 is 0 Å². The molecule has 1 aromatic carbocycles. The van der Waals surface area contributed by atoms with E-state index in [9.17, 15) is 13.2 Å². The highest BCUT2D eigenvalue weighted by atomic mass is 19.4. The number of halogens is 3. The van der Waals surface area contributed by atoms with Gasteiger partial charge in [-0.3, -0.25) is 0 Å². The van der Waals surface area contributed by atoms with E-state index in [1.54, 1.807) is 24.3 Å². The van der Waals surface area contributed by atoms with Crippen LogP contribution in [0.25, 0.3) is 21.9 Å². The minimum atomic E-state index is -4.27. The van der Waals surface area contributed by atoms with Gasteiger partial charge in [0.05, 0.1) is 22.7 Å². The molecule has 0 aliphatic rings. The number of hydrogen-bond acceptors (Lipinski definition) is 2. The molecule has 0 saturated carbocycles. The van der Waals surface area contributed by atoms with Crippen LogP contribution in [0.15, 0.2) is 36.8 Å². The van der Waals surface area contributed by atoms with Crippen LogP contribution in [0.4, 0.5) is 13.2 Å². The molecule has 0 aliphatic heterocycles. The van der Waals surface area contributed by atoms with Gasteiger partial charge in [-0.1, -0.05) is 18.2 Å². The molecule has 0 atom stereocenters. The van der Waals surface area contributed by atoms with Gasteiger partial charge >= 0.3 is 6.18 Å². The minimum absolute atomic E-state index is 0.399. The van der Waals surface area contributed by atoms with Crippen molar-refractivity contribution in [3.63, 3.8) is 0 Å². The second kappa shape index (κ2) is 3.69. The van der Waals surface area contributed by atoms with Crippen LogP contribution in [0.3, 0.4) is 0 Å². The van der Waals surface area contributed by atoms with Gasteiger partial charge in [0, 0.05) is 5.39 Å². The van der Waals surface area contributed by atoms with Gasteiger partial charge in [0.2, 0.25) is 0 Å². The van der Waals surface area contributed by atoms with Gasteiger partial charge in [0.25, 0.3) is 0 Å². The Hall–Kier alpha value is -2.11. The lowest BCUT2D eigenvalue weighted by Crippen LogP contribution is -2.17. The molecule has 0 N–H and O–H groups in total. The summed E-state index contributed by atoms with van der Waals surface area (Å²) >= 11 is 0. The molecular weight excluding hydrogens is 243 g/mol. The molecule has 0 bridgehead atoms. The van der Waals surface area contributed by atoms with Gasteiger partial charge in [-0.2, -0.15) is 13.2 Å². The third-order valence-corrected chi connectivity index (χ3v) is 2.77. The number of aromatic nitrogens is 3. The van der Waals surface area contributed by atoms with Gasteiger partial charge in [-0.05, 0) is 6.07 Å². The van der Waals surface area contributed by atoms with Crippen LogP contribution in [-0.4, -0.2) is 20.7 Å². The largest absolute Gasteiger partial charge is 0.406 e. The first-order chi connectivity index (χ1) is 8.56. The van der Waals surface area contributed by atoms with Crippen molar-refractivity contribution in [2.75, 3.05) is 0 Å². The first-order valence-corrected chi connectivity index (χ1v) is 5.30. The minimum Gasteiger partial charge on any atom is -0.329 e. The van der Waals surface area contributed by atoms with Crippen molar-refractivity contribution in [2.24, 2.45) is 0 Å². The molecule has 0 radical (unpaired) electrons. The molecule has 3 nitrogen and oxygen atoms in total. The standard InChI is InChI=1S/C12H8F3N3/c13-12(14,15)6-18-9-4-2-1-3-8(9)11-10(18)5-16-7-17-11/h1-5,7H,6H2. The number of fused-ring (bicyclic) bond motifs is 3. The highest BCUT2D eigenvalue weighted by Crippen LogP contribution is 2.29. The Bertz CT molecular complexity index is 662. The molecule has 3 aromatic rings. The van der Waals surface area contributed by atoms with Crippen molar-refractivity contribution in [1.82, 2.24) is 14.5 Å². The Balaban J connectivity index is 2.38. The maximum atomic E-state index is 12.6. The van der Waals surface area contributed by atoms with Gasteiger partial charge in [-0.25, -0.2) is 9.97 Å². The van der Waals surface area contributed by atoms with Gasteiger partial charge in [0.1, 0.15) is 12.9 Å². The summed E-state index contributed by atoms with van der Waals surface area (Å²) in [5.74, 6) is 0. The lowest BCUT2D eigenvalue weighted by atomic mass is 10.2. The van der Waals surface area contributed by atoms with E-state index in [0.717, 1.165) is 0 Å². The smallest absolute Gasteiger partial charge is 0.329 e. The fraction of sp³-hybridized carbons (Fsp3) is 0.167. The summed E-state index contributed by atoms with van der Waals surface area (Å²) < 4.78 is 39.0. The number of rotatable bonds is 1. The zero-order chi connectivity index (χ0) is 12.8. The van der Waals surface area contributed by atoms with Crippen molar-refractivity contribution >= 4 is 21.9 Å². The SMILES string of the molecule is FC(F)(F)Cn1c2ccccc2c2ncncc21. The summed E-state index contributed by atoms with van der Waals surface area (Å²) in [5.41, 5.74) is 1.46. The van der Waals surface area contributed by atoms with Gasteiger partial charge in [0.15, 0.2) is 0 Å². The summed E-state index contributed by atoms with van der Waals surface area (Å²) in [6.45, 7) is -1.04. The molecule has 0 amide bonds. The molecule has 0 fully saturated rings. The summed E-state index contributed by atoms with van der Waals surface area (Å²) in [6, 6.07) is 6.91. The summed E-state index contributed by atoms with van der Waals surface area (Å²) in [5, 5.41) is 0.708. The van der Waals surface area contributed by atoms with E-state index in [-0.39, 0.29) is 0 Å². The maximum Gasteiger partial charge on any atom is 0.406 e. The average Bonchev–Trinajstić information content (AvgIpc) is 2.64. The lowest BCUT2D eigenvalue weighted by Gasteiger charge is -2.09. The van der Waals surface area contributed by atoms with Crippen LogP contribution in [0.2, 0.25) is 0 Å². The summed E-state index contributed by atoms with van der Waals surface area (Å²) in [6.07, 6.45) is -1.52. The van der Waals surface area contributed by atoms with Gasteiger partial charge in [-0.15, -0.1) is 0 Å². The van der Waals surface area contributed by atoms with Crippen molar-refractivity contribution in [3.05, 3.63) is 36.8 Å². The molecule has 0 aliphatic carbocycles. The van der Waals surface area contributed by atoms with Crippen LogP contribution in [0, 0.1) is 0 Å². The molecule has 6 heteroatoms. The second-order valence-corrected chi connectivity index (χ2v) is 3.98. The van der Waals surface area contributed by atoms with E-state index in [2.05, 4.69) is 9.97 Å². The van der Waals surface area contributed by atoms with Crippen LogP contribution in [0.1, 0.15) is 0 Å². The molecule has 0 saturated heterocycles. The molecule has 0 unspecified atom stereocenters. The Morgan fingerprint density at radius 1 is 1.11 bits per heavy atom. The third kappa shape index (κ3) is 1.70. The predicted molar refractivity (Wildman–Crippen MR) is 61.1 cm³/mol. The van der Waals surface area contributed by atoms with E-state index >= 15 is 0 Å². The van der Waals surface area contributed by atoms with Crippen LogP contribution < -0.4 is 0 Å². The van der Waals surface area contributed by atoms with E-state index in [4.69, 9.17) is 0 Å². The fourth-order valence-electron chi connectivity index (χ4n) is 2.12. The Labute approximate surface area is 99.9 Å². The lowest BCUT2D eigenvalue weighted by molar-refractivity contribution is -0.139. The van der Waals surface area contributed by atoms with Crippen molar-refractivity contribution in [1.29, 1.82) is 0 Å². The Kier molecular flexibility index (Phi) is 2.26. The van der Waals surface area contributed by atoms with E-state index in [1.165, 1.54) is 17.1 Å². The number of hydrogen-bond donors (Lipinski definition) is 0. The first kappa shape index (κ1) is 11.0. The Morgan fingerprint density at radius 3 is 2.67 bits per heavy atom. The van der Waals surface area contributed by atoms with E-state index in [1.807, 2.05) is 0 Å². The van der Waals surface area contributed by atoms with Gasteiger partial charge < -0.3 is 4.57 Å². The van der Waals surface area contributed by atoms with E-state index in [0.29, 0.717) is 21.9 Å². The molecule has 2 aromatic heterocycles. The average molecular weight is 251 g/mol. The van der Waals surface area contributed by atoms with Crippen molar-refractivity contribution < 1.29 is 13.2 Å². The topological polar surface area (TPSA) is 30.7 Å². The zero-order valence-corrected chi connectivity index (χ0v) is 9.15. The second-order valence-electron chi connectivity index (χ2n) is 3.98. The molecule has 92 valence electrons. The summed E-state index contributed by atoms with van der Waals surface area (Å²) in [7, 11) is 0. The number of nitrogens with zero attached hydrogens (tertiary/aromatic N) is 3. The van der Waals surface area contributed by atoms with Crippen LogP contribution in [-0.2, 0) is 6.54 Å². The van der Waals surface area contributed by atoms with E-state index < -0.39 is 12.7 Å². The van der Waals surface area contributed by atoms with Crippen LogP contribution in [0.5, 0.6) is 0 Å². The quantitative estimate of drug-likeness (QED) is 0.665. The third-order valence-electron chi connectivity index (χ3n) is 2.77. The molecule has 3 rings (SSSR count). The molecule has 18 heavy (non-hydrogen) atoms. The number of para-hydroxylation sites is 1. The monoisotopic (exact) mass is 251 g/mol. The molecule has 0 spiro atoms. The Morgan fingerprint density at radius 2 is 1.89 bits per heavy atom. The first-order valence-electron chi connectivity index (χ1n) is 5.30. The highest BCUT2D eigenvalue weighted by molar-refractivity contribution is 6.05. The molecular formula is C12H8F3N3. The van der Waals surface area contributed by atoms with Crippen molar-refractivity contribution in [3.8, 4) is 0 Å². The highest BCUT2D eigenvalue weighted by Gasteiger charge is 2.29. The molecule has 2 heterocycles. The summed E-state index contributed by atoms with van der Waals surface area (Å²) in [4.78, 5) is 7.86. The number of benzene rings is 1. The number of alkyl halides is 3. The maximum absolute atomic E-state index is 12.6. The fourth-order valence-corrected chi connectivity index (χ4v) is 2.12. The van der Waals surface area contributed by atoms with Crippen molar-refractivity contribution in [2.45, 2.75) is 12.7 Å². The predicted octanol–water partition coefficient (Wildman–Crippen LogP) is 3.15. The normalized spacial score (nSPS) is 12.4. The zero-order valence-electron chi connectivity index (χ0n) is 9.15.